The highest BCUT2D eigenvalue weighted by Gasteiger charge is 2.25. The molecule has 1 aromatic rings. The second-order valence-electron chi connectivity index (χ2n) is 6.36. The molecule has 0 spiro atoms. The molecule has 0 saturated heterocycles. The Bertz CT molecular complexity index is 486. The van der Waals surface area contributed by atoms with E-state index in [4.69, 9.17) is 0 Å². The molecule has 0 bridgehead atoms. The minimum Gasteiger partial charge on any atom is -0.393 e. The molecular formula is C18H28N2O2. The van der Waals surface area contributed by atoms with Crippen molar-refractivity contribution in [2.24, 2.45) is 5.92 Å². The summed E-state index contributed by atoms with van der Waals surface area (Å²) in [6, 6.07) is 7.75. The second-order valence-corrected chi connectivity index (χ2v) is 6.36. The number of anilines is 1. The van der Waals surface area contributed by atoms with Crippen molar-refractivity contribution in [2.75, 3.05) is 32.1 Å². The van der Waals surface area contributed by atoms with Crippen molar-refractivity contribution in [1.82, 2.24) is 4.90 Å². The van der Waals surface area contributed by atoms with Crippen molar-refractivity contribution >= 4 is 11.6 Å². The van der Waals surface area contributed by atoms with Gasteiger partial charge < -0.3 is 14.9 Å². The first kappa shape index (κ1) is 16.8. The van der Waals surface area contributed by atoms with Gasteiger partial charge in [-0.2, -0.15) is 0 Å². The first-order valence-electron chi connectivity index (χ1n) is 8.27. The van der Waals surface area contributed by atoms with E-state index in [9.17, 15) is 9.90 Å². The minimum atomic E-state index is -0.260. The Kier molecular flexibility index (Phi) is 5.83. The summed E-state index contributed by atoms with van der Waals surface area (Å²) in [5.74, 6) is 0.247. The van der Waals surface area contributed by atoms with Gasteiger partial charge in [-0.15, -0.1) is 0 Å². The molecule has 1 aliphatic rings. The number of aliphatic hydroxyl groups is 1. The van der Waals surface area contributed by atoms with Crippen LogP contribution in [0.4, 0.5) is 5.69 Å². The number of rotatable bonds is 5. The first-order valence-corrected chi connectivity index (χ1v) is 8.27. The Labute approximate surface area is 133 Å². The molecule has 0 aromatic heterocycles. The Hall–Kier alpha value is -1.55. The smallest absolute Gasteiger partial charge is 0.253 e. The minimum absolute atomic E-state index is 0.0310. The number of hydrogen-bond acceptors (Lipinski definition) is 3. The van der Waals surface area contributed by atoms with Crippen LogP contribution in [0, 0.1) is 5.92 Å². The second kappa shape index (κ2) is 7.63. The van der Waals surface area contributed by atoms with Crippen molar-refractivity contribution in [3.05, 3.63) is 29.8 Å². The third-order valence-electron chi connectivity index (χ3n) is 4.75. The molecule has 1 N–H and O–H groups in total. The van der Waals surface area contributed by atoms with Gasteiger partial charge in [-0.05, 0) is 44.0 Å². The van der Waals surface area contributed by atoms with Gasteiger partial charge in [0.15, 0.2) is 0 Å². The highest BCUT2D eigenvalue weighted by molar-refractivity contribution is 5.94. The molecular weight excluding hydrogens is 276 g/mol. The number of nitrogens with zero attached hydrogens (tertiary/aromatic N) is 2. The van der Waals surface area contributed by atoms with Crippen LogP contribution in [-0.2, 0) is 0 Å². The average molecular weight is 304 g/mol. The van der Waals surface area contributed by atoms with E-state index in [1.165, 1.54) is 0 Å². The zero-order chi connectivity index (χ0) is 16.1. The van der Waals surface area contributed by atoms with Crippen LogP contribution in [0.3, 0.4) is 0 Å². The molecule has 0 radical (unpaired) electrons. The lowest BCUT2D eigenvalue weighted by Crippen LogP contribution is -2.38. The van der Waals surface area contributed by atoms with Crippen molar-refractivity contribution in [2.45, 2.75) is 38.7 Å². The maximum absolute atomic E-state index is 12.5. The van der Waals surface area contributed by atoms with Crippen LogP contribution in [0.1, 0.15) is 43.0 Å². The lowest BCUT2D eigenvalue weighted by Gasteiger charge is -2.31. The van der Waals surface area contributed by atoms with Crippen LogP contribution in [0.15, 0.2) is 24.3 Å². The Morgan fingerprint density at radius 3 is 2.41 bits per heavy atom. The van der Waals surface area contributed by atoms with Gasteiger partial charge in [0, 0.05) is 44.4 Å². The van der Waals surface area contributed by atoms with Crippen LogP contribution in [0.25, 0.3) is 0 Å². The summed E-state index contributed by atoms with van der Waals surface area (Å²) in [6.07, 6.45) is 3.87. The highest BCUT2D eigenvalue weighted by atomic mass is 16.3. The van der Waals surface area contributed by atoms with E-state index in [1.807, 2.05) is 38.4 Å². The molecule has 0 aliphatic heterocycles. The van der Waals surface area contributed by atoms with Crippen molar-refractivity contribution < 1.29 is 9.90 Å². The normalized spacial score (nSPS) is 21.5. The fourth-order valence-electron chi connectivity index (χ4n) is 3.10. The standard InChI is InChI=1S/C18H28N2O2/c1-4-19(2)16-11-9-14(10-12-16)18(22)20(3)13-15-7-5-6-8-17(15)21/h9-12,15,17,21H,4-8,13H2,1-3H3. The molecule has 122 valence electrons. The third-order valence-corrected chi connectivity index (χ3v) is 4.75. The Balaban J connectivity index is 1.97. The molecule has 1 aromatic carbocycles. The van der Waals surface area contributed by atoms with Gasteiger partial charge in [0.2, 0.25) is 0 Å². The van der Waals surface area contributed by atoms with E-state index in [2.05, 4.69) is 11.8 Å². The third kappa shape index (κ3) is 4.01. The quantitative estimate of drug-likeness (QED) is 0.909. The van der Waals surface area contributed by atoms with E-state index in [0.29, 0.717) is 12.1 Å². The topological polar surface area (TPSA) is 43.8 Å². The van der Waals surface area contributed by atoms with Gasteiger partial charge in [0.05, 0.1) is 6.10 Å². The van der Waals surface area contributed by atoms with Crippen molar-refractivity contribution in [3.8, 4) is 0 Å². The van der Waals surface area contributed by atoms with Gasteiger partial charge in [-0.25, -0.2) is 0 Å². The first-order chi connectivity index (χ1) is 10.5. The molecule has 1 saturated carbocycles. The zero-order valence-electron chi connectivity index (χ0n) is 14.0. The molecule has 4 nitrogen and oxygen atoms in total. The monoisotopic (exact) mass is 304 g/mol. The summed E-state index contributed by atoms with van der Waals surface area (Å²) >= 11 is 0. The van der Waals surface area contributed by atoms with Crippen LogP contribution < -0.4 is 4.90 Å². The highest BCUT2D eigenvalue weighted by Crippen LogP contribution is 2.25. The van der Waals surface area contributed by atoms with Crippen LogP contribution in [-0.4, -0.2) is 49.2 Å². The summed E-state index contributed by atoms with van der Waals surface area (Å²) in [5.41, 5.74) is 1.82. The largest absolute Gasteiger partial charge is 0.393 e. The fourth-order valence-corrected chi connectivity index (χ4v) is 3.10. The average Bonchev–Trinajstić information content (AvgIpc) is 2.55. The molecule has 1 fully saturated rings. The van der Waals surface area contributed by atoms with Gasteiger partial charge in [-0.1, -0.05) is 12.8 Å². The van der Waals surface area contributed by atoms with Gasteiger partial charge in [-0.3, -0.25) is 4.79 Å². The maximum Gasteiger partial charge on any atom is 0.253 e. The molecule has 0 heterocycles. The molecule has 2 rings (SSSR count). The number of amides is 1. The van der Waals surface area contributed by atoms with Gasteiger partial charge in [0.1, 0.15) is 0 Å². The number of benzene rings is 1. The molecule has 22 heavy (non-hydrogen) atoms. The Morgan fingerprint density at radius 1 is 1.18 bits per heavy atom. The van der Waals surface area contributed by atoms with Crippen molar-refractivity contribution in [1.29, 1.82) is 0 Å². The number of aliphatic hydroxyl groups excluding tert-OH is 1. The predicted molar refractivity (Wildman–Crippen MR) is 90.3 cm³/mol. The lowest BCUT2D eigenvalue weighted by molar-refractivity contribution is 0.0451. The van der Waals surface area contributed by atoms with E-state index in [0.717, 1.165) is 37.9 Å². The summed E-state index contributed by atoms with van der Waals surface area (Å²) in [5, 5.41) is 10.1. The lowest BCUT2D eigenvalue weighted by atomic mass is 9.86. The fraction of sp³-hybridized carbons (Fsp3) is 0.611. The van der Waals surface area contributed by atoms with Crippen LogP contribution in [0.5, 0.6) is 0 Å². The van der Waals surface area contributed by atoms with Crippen LogP contribution >= 0.6 is 0 Å². The summed E-state index contributed by atoms with van der Waals surface area (Å²) < 4.78 is 0. The SMILES string of the molecule is CCN(C)c1ccc(C(=O)N(C)CC2CCCCC2O)cc1. The number of carbonyl (C=O) groups excluding carboxylic acids is 1. The molecule has 4 heteroatoms. The summed E-state index contributed by atoms with van der Waals surface area (Å²) in [6.45, 7) is 3.67. The molecule has 2 unspecified atom stereocenters. The van der Waals surface area contributed by atoms with E-state index >= 15 is 0 Å². The zero-order valence-corrected chi connectivity index (χ0v) is 14.0. The van der Waals surface area contributed by atoms with E-state index in [-0.39, 0.29) is 17.9 Å². The van der Waals surface area contributed by atoms with E-state index in [1.54, 1.807) is 4.90 Å². The number of carbonyl (C=O) groups is 1. The molecule has 1 amide bonds. The Morgan fingerprint density at radius 2 is 1.82 bits per heavy atom. The van der Waals surface area contributed by atoms with E-state index < -0.39 is 0 Å². The number of hydrogen-bond donors (Lipinski definition) is 1. The predicted octanol–water partition coefficient (Wildman–Crippen LogP) is 2.77. The van der Waals surface area contributed by atoms with Gasteiger partial charge >= 0.3 is 0 Å². The molecule has 2 atom stereocenters. The van der Waals surface area contributed by atoms with Crippen molar-refractivity contribution in [3.63, 3.8) is 0 Å². The van der Waals surface area contributed by atoms with Crippen LogP contribution in [0.2, 0.25) is 0 Å². The summed E-state index contributed by atoms with van der Waals surface area (Å²) in [4.78, 5) is 16.4. The maximum atomic E-state index is 12.5. The van der Waals surface area contributed by atoms with Gasteiger partial charge in [0.25, 0.3) is 5.91 Å². The summed E-state index contributed by atoms with van der Waals surface area (Å²) in [7, 11) is 3.86. The molecule has 1 aliphatic carbocycles.